The van der Waals surface area contributed by atoms with Gasteiger partial charge in [0, 0.05) is 5.69 Å². The monoisotopic (exact) mass is 484 g/mol. The Bertz CT molecular complexity index is 1130. The molecule has 0 aliphatic carbocycles. The summed E-state index contributed by atoms with van der Waals surface area (Å²) in [4.78, 5) is 15.5. The lowest BCUT2D eigenvalue weighted by Gasteiger charge is -2.31. The number of nitrogens with zero attached hydrogens (tertiary/aromatic N) is 4. The average Bonchev–Trinajstić information content (AvgIpc) is 3.31. The molecule has 9 heteroatoms. The maximum atomic E-state index is 13.6. The number of hydrogen-bond donors (Lipinski definition) is 0. The second-order valence-electron chi connectivity index (χ2n) is 8.20. The van der Waals surface area contributed by atoms with Gasteiger partial charge >= 0.3 is 0 Å². The molecule has 0 radical (unpaired) electrons. The quantitative estimate of drug-likeness (QED) is 0.315. The van der Waals surface area contributed by atoms with Crippen LogP contribution in [0.25, 0.3) is 5.69 Å². The van der Waals surface area contributed by atoms with Crippen molar-refractivity contribution in [2.75, 3.05) is 33.1 Å². The lowest BCUT2D eigenvalue weighted by atomic mass is 10.1. The van der Waals surface area contributed by atoms with Gasteiger partial charge in [0.15, 0.2) is 16.8 Å². The summed E-state index contributed by atoms with van der Waals surface area (Å²) < 4.78 is 26.2. The third-order valence-corrected chi connectivity index (χ3v) is 7.02. The number of ether oxygens (including phenoxy) is 2. The number of carbonyl (C=O) groups excluding carboxylic acids is 1. The number of likely N-dealkylation sites (tertiary alicyclic amines) is 1. The van der Waals surface area contributed by atoms with Crippen LogP contribution >= 0.6 is 11.8 Å². The zero-order valence-corrected chi connectivity index (χ0v) is 20.5. The fraction of sp³-hybridized carbons (Fsp3) is 0.400. The van der Waals surface area contributed by atoms with Crippen molar-refractivity contribution in [2.24, 2.45) is 0 Å². The summed E-state index contributed by atoms with van der Waals surface area (Å²) in [6.45, 7) is 4.14. The van der Waals surface area contributed by atoms with Crippen LogP contribution in [0.4, 0.5) is 4.39 Å². The Morgan fingerprint density at radius 3 is 2.47 bits per heavy atom. The molecule has 0 unspecified atom stereocenters. The number of piperidine rings is 1. The van der Waals surface area contributed by atoms with Gasteiger partial charge in [-0.15, -0.1) is 10.2 Å². The van der Waals surface area contributed by atoms with Gasteiger partial charge in [-0.25, -0.2) is 4.39 Å². The number of carbonyl (C=O) groups is 1. The van der Waals surface area contributed by atoms with E-state index in [-0.39, 0.29) is 23.4 Å². The molecule has 1 fully saturated rings. The van der Waals surface area contributed by atoms with Gasteiger partial charge in [-0.05, 0) is 75.3 Å². The van der Waals surface area contributed by atoms with E-state index in [0.29, 0.717) is 22.2 Å². The topological polar surface area (TPSA) is 69.5 Å². The Labute approximate surface area is 203 Å². The molecular formula is C25H29FN4O3S. The maximum absolute atomic E-state index is 13.6. The van der Waals surface area contributed by atoms with Crippen molar-refractivity contribution in [3.8, 4) is 17.2 Å². The van der Waals surface area contributed by atoms with Crippen molar-refractivity contribution in [1.82, 2.24) is 19.7 Å². The lowest BCUT2D eigenvalue weighted by molar-refractivity contribution is 0.101. The van der Waals surface area contributed by atoms with Crippen LogP contribution in [0.5, 0.6) is 11.5 Å². The van der Waals surface area contributed by atoms with E-state index in [2.05, 4.69) is 22.0 Å². The minimum Gasteiger partial charge on any atom is -0.497 e. The Morgan fingerprint density at radius 2 is 1.79 bits per heavy atom. The molecule has 0 bridgehead atoms. The normalized spacial score (nSPS) is 15.2. The highest BCUT2D eigenvalue weighted by Gasteiger charge is 2.26. The summed E-state index contributed by atoms with van der Waals surface area (Å²) in [7, 11) is 3.09. The van der Waals surface area contributed by atoms with Crippen molar-refractivity contribution in [3.05, 3.63) is 59.7 Å². The first-order valence-electron chi connectivity index (χ1n) is 11.3. The Hall–Kier alpha value is -2.91. The van der Waals surface area contributed by atoms with E-state index in [9.17, 15) is 9.18 Å². The molecule has 34 heavy (non-hydrogen) atoms. The lowest BCUT2D eigenvalue weighted by Crippen LogP contribution is -2.33. The molecule has 4 rings (SSSR count). The first-order valence-corrected chi connectivity index (χ1v) is 12.3. The zero-order chi connectivity index (χ0) is 24.1. The van der Waals surface area contributed by atoms with Crippen molar-refractivity contribution in [1.29, 1.82) is 0 Å². The van der Waals surface area contributed by atoms with Crippen molar-refractivity contribution >= 4 is 17.5 Å². The predicted molar refractivity (Wildman–Crippen MR) is 130 cm³/mol. The van der Waals surface area contributed by atoms with Crippen LogP contribution in [-0.4, -0.2) is 58.5 Å². The van der Waals surface area contributed by atoms with Gasteiger partial charge in [0.2, 0.25) is 0 Å². The van der Waals surface area contributed by atoms with E-state index in [1.54, 1.807) is 37.4 Å². The smallest absolute Gasteiger partial charge is 0.196 e. The summed E-state index contributed by atoms with van der Waals surface area (Å²) >= 11 is 1.30. The first-order chi connectivity index (χ1) is 16.5. The summed E-state index contributed by atoms with van der Waals surface area (Å²) in [5.74, 6) is 1.58. The van der Waals surface area contributed by atoms with Crippen molar-refractivity contribution < 1.29 is 18.7 Å². The molecule has 0 amide bonds. The third kappa shape index (κ3) is 5.26. The average molecular weight is 485 g/mol. The molecule has 1 atom stereocenters. The van der Waals surface area contributed by atoms with Crippen LogP contribution in [0.3, 0.4) is 0 Å². The van der Waals surface area contributed by atoms with Crippen molar-refractivity contribution in [3.63, 3.8) is 0 Å². The van der Waals surface area contributed by atoms with Crippen LogP contribution in [0.1, 0.15) is 48.4 Å². The number of ketones is 1. The highest BCUT2D eigenvalue weighted by molar-refractivity contribution is 7.99. The summed E-state index contributed by atoms with van der Waals surface area (Å²) in [5, 5.41) is 9.51. The van der Waals surface area contributed by atoms with E-state index in [4.69, 9.17) is 9.47 Å². The number of rotatable bonds is 9. The SMILES string of the molecule is COc1ccc(OC)c(C(=O)CSc2nnc([C@@H](C)N3CCCCC3)n2-c2ccc(F)cc2)c1. The number of halogens is 1. The summed E-state index contributed by atoms with van der Waals surface area (Å²) in [6, 6.07) is 11.5. The molecule has 7 nitrogen and oxygen atoms in total. The highest BCUT2D eigenvalue weighted by atomic mass is 32.2. The molecule has 1 aromatic heterocycles. The summed E-state index contributed by atoms with van der Waals surface area (Å²) in [5.41, 5.74) is 1.21. The molecule has 0 N–H and O–H groups in total. The minimum absolute atomic E-state index is 0.0429. The first kappa shape index (κ1) is 24.2. The fourth-order valence-corrected chi connectivity index (χ4v) is 5.03. The van der Waals surface area contributed by atoms with Crippen molar-refractivity contribution in [2.45, 2.75) is 37.4 Å². The van der Waals surface area contributed by atoms with Gasteiger partial charge < -0.3 is 9.47 Å². The molecule has 0 spiro atoms. The van der Waals surface area contributed by atoms with Crippen LogP contribution in [0.2, 0.25) is 0 Å². The van der Waals surface area contributed by atoms with Crippen LogP contribution in [0, 0.1) is 5.82 Å². The van der Waals surface area contributed by atoms with Gasteiger partial charge in [0.25, 0.3) is 0 Å². The number of benzene rings is 2. The van der Waals surface area contributed by atoms with E-state index in [1.165, 1.54) is 37.4 Å². The number of aromatic nitrogens is 3. The van der Waals surface area contributed by atoms with Gasteiger partial charge in [-0.2, -0.15) is 0 Å². The Morgan fingerprint density at radius 1 is 1.06 bits per heavy atom. The second kappa shape index (κ2) is 11.0. The number of thioether (sulfide) groups is 1. The fourth-order valence-electron chi connectivity index (χ4n) is 4.19. The van der Waals surface area contributed by atoms with Crippen LogP contribution < -0.4 is 9.47 Å². The molecule has 0 saturated carbocycles. The molecule has 1 aliphatic rings. The standard InChI is InChI=1S/C25H29FN4O3S/c1-17(29-13-5-4-6-14-29)24-27-28-25(30(24)19-9-7-18(26)8-10-19)34-16-22(31)21-15-20(32-2)11-12-23(21)33-3/h7-12,15,17H,4-6,13-14,16H2,1-3H3/t17-/m1/s1. The Kier molecular flexibility index (Phi) is 7.84. The molecule has 3 aromatic rings. The largest absolute Gasteiger partial charge is 0.497 e. The van der Waals surface area contributed by atoms with E-state index in [0.717, 1.165) is 37.4 Å². The molecule has 1 aliphatic heterocycles. The van der Waals surface area contributed by atoms with Gasteiger partial charge in [-0.1, -0.05) is 18.2 Å². The molecule has 1 saturated heterocycles. The van der Waals surface area contributed by atoms with E-state index >= 15 is 0 Å². The molecular weight excluding hydrogens is 455 g/mol. The number of methoxy groups -OCH3 is 2. The summed E-state index contributed by atoms with van der Waals surface area (Å²) in [6.07, 6.45) is 3.56. The Balaban J connectivity index is 1.62. The molecule has 2 heterocycles. The molecule has 180 valence electrons. The number of hydrogen-bond acceptors (Lipinski definition) is 7. The second-order valence-corrected chi connectivity index (χ2v) is 9.15. The van der Waals surface area contributed by atoms with Crippen LogP contribution in [0.15, 0.2) is 47.6 Å². The predicted octanol–water partition coefficient (Wildman–Crippen LogP) is 4.95. The van der Waals surface area contributed by atoms with Gasteiger partial charge in [-0.3, -0.25) is 14.3 Å². The third-order valence-electron chi connectivity index (χ3n) is 6.09. The maximum Gasteiger partial charge on any atom is 0.196 e. The van der Waals surface area contributed by atoms with Gasteiger partial charge in [0.1, 0.15) is 17.3 Å². The van der Waals surface area contributed by atoms with E-state index in [1.807, 2.05) is 4.57 Å². The highest BCUT2D eigenvalue weighted by Crippen LogP contribution is 2.31. The minimum atomic E-state index is -0.308. The number of Topliss-reactive ketones (excluding diaryl/α,β-unsaturated/α-hetero) is 1. The van der Waals surface area contributed by atoms with Crippen LogP contribution in [-0.2, 0) is 0 Å². The van der Waals surface area contributed by atoms with E-state index < -0.39 is 0 Å². The zero-order valence-electron chi connectivity index (χ0n) is 19.7. The molecule has 2 aromatic carbocycles. The van der Waals surface area contributed by atoms with Gasteiger partial charge in [0.05, 0.1) is 31.6 Å².